The summed E-state index contributed by atoms with van der Waals surface area (Å²) in [5, 5.41) is 11.3. The van der Waals surface area contributed by atoms with Gasteiger partial charge in [-0.3, -0.25) is 4.40 Å². The smallest absolute Gasteiger partial charge is 0.341 e. The zero-order valence-electron chi connectivity index (χ0n) is 12.1. The Labute approximate surface area is 127 Å². The van der Waals surface area contributed by atoms with Gasteiger partial charge in [0.2, 0.25) is 0 Å². The van der Waals surface area contributed by atoms with E-state index in [1.165, 1.54) is 0 Å². The zero-order chi connectivity index (χ0) is 15.4. The maximum absolute atomic E-state index is 11.9. The fourth-order valence-electron chi connectivity index (χ4n) is 2.09. The molecule has 0 spiro atoms. The number of carbonyl (C=O) groups excluding carboxylic acids is 1. The quantitative estimate of drug-likeness (QED) is 0.724. The van der Waals surface area contributed by atoms with E-state index < -0.39 is 5.97 Å². The zero-order valence-corrected chi connectivity index (χ0v) is 12.1. The number of fused-ring (bicyclic) bond motifs is 1. The van der Waals surface area contributed by atoms with Crippen molar-refractivity contribution in [2.75, 3.05) is 11.9 Å². The molecule has 7 heteroatoms. The molecule has 3 aromatic heterocycles. The van der Waals surface area contributed by atoms with Crippen molar-refractivity contribution in [3.8, 4) is 0 Å². The molecule has 0 aliphatic heterocycles. The Morgan fingerprint density at radius 1 is 1.27 bits per heavy atom. The standard InChI is InChI=1S/C15H15N5O2/c1-2-22-15(21)11-6-5-8-16-14(11)17-10-13-19-18-12-7-3-4-9-20(12)13/h3-9H,2,10H2,1H3,(H,16,17). The number of pyridine rings is 2. The van der Waals surface area contributed by atoms with E-state index in [-0.39, 0.29) is 0 Å². The molecule has 0 saturated carbocycles. The Morgan fingerprint density at radius 3 is 3.05 bits per heavy atom. The van der Waals surface area contributed by atoms with Crippen molar-refractivity contribution in [3.05, 3.63) is 54.1 Å². The first kappa shape index (κ1) is 14.0. The molecule has 112 valence electrons. The predicted molar refractivity (Wildman–Crippen MR) is 80.5 cm³/mol. The number of carbonyl (C=O) groups is 1. The van der Waals surface area contributed by atoms with E-state index in [0.717, 1.165) is 11.5 Å². The number of nitrogens with one attached hydrogen (secondary N) is 1. The van der Waals surface area contributed by atoms with Crippen LogP contribution < -0.4 is 5.32 Å². The Balaban J connectivity index is 1.81. The summed E-state index contributed by atoms with van der Waals surface area (Å²) in [5.41, 5.74) is 1.17. The van der Waals surface area contributed by atoms with Gasteiger partial charge in [-0.2, -0.15) is 0 Å². The number of aromatic nitrogens is 4. The van der Waals surface area contributed by atoms with Crippen LogP contribution in [0.1, 0.15) is 23.1 Å². The third-order valence-corrected chi connectivity index (χ3v) is 3.10. The summed E-state index contributed by atoms with van der Waals surface area (Å²) < 4.78 is 6.90. The fraction of sp³-hybridized carbons (Fsp3) is 0.200. The first-order valence-electron chi connectivity index (χ1n) is 6.94. The summed E-state index contributed by atoms with van der Waals surface area (Å²) in [5.74, 6) is 0.800. The van der Waals surface area contributed by atoms with Crippen LogP contribution >= 0.6 is 0 Å². The van der Waals surface area contributed by atoms with Crippen LogP contribution in [0.4, 0.5) is 5.82 Å². The third-order valence-electron chi connectivity index (χ3n) is 3.10. The van der Waals surface area contributed by atoms with E-state index in [0.29, 0.717) is 24.5 Å². The van der Waals surface area contributed by atoms with Crippen LogP contribution in [0.5, 0.6) is 0 Å². The van der Waals surface area contributed by atoms with Gasteiger partial charge in [-0.05, 0) is 31.2 Å². The van der Waals surface area contributed by atoms with Crippen molar-refractivity contribution in [2.24, 2.45) is 0 Å². The second-order valence-corrected chi connectivity index (χ2v) is 4.52. The Bertz CT molecular complexity index is 799. The molecule has 0 aromatic carbocycles. The summed E-state index contributed by atoms with van der Waals surface area (Å²) in [6.07, 6.45) is 3.50. The van der Waals surface area contributed by atoms with Crippen LogP contribution in [0.25, 0.3) is 5.65 Å². The molecule has 0 unspecified atom stereocenters. The molecule has 0 aliphatic rings. The minimum atomic E-state index is -0.399. The monoisotopic (exact) mass is 297 g/mol. The van der Waals surface area contributed by atoms with Gasteiger partial charge < -0.3 is 10.1 Å². The SMILES string of the molecule is CCOC(=O)c1cccnc1NCc1nnc2ccccn12. The minimum Gasteiger partial charge on any atom is -0.462 e. The summed E-state index contributed by atoms with van der Waals surface area (Å²) in [7, 11) is 0. The lowest BCUT2D eigenvalue weighted by molar-refractivity contribution is 0.0527. The molecule has 0 atom stereocenters. The Hall–Kier alpha value is -2.96. The van der Waals surface area contributed by atoms with Crippen LogP contribution in [0.2, 0.25) is 0 Å². The summed E-state index contributed by atoms with van der Waals surface area (Å²) in [4.78, 5) is 16.1. The van der Waals surface area contributed by atoms with E-state index >= 15 is 0 Å². The molecule has 7 nitrogen and oxygen atoms in total. The van der Waals surface area contributed by atoms with Crippen LogP contribution in [0, 0.1) is 0 Å². The van der Waals surface area contributed by atoms with Gasteiger partial charge in [-0.25, -0.2) is 9.78 Å². The lowest BCUT2D eigenvalue weighted by Crippen LogP contribution is -2.12. The largest absolute Gasteiger partial charge is 0.462 e. The molecule has 3 heterocycles. The molecular formula is C15H15N5O2. The fourth-order valence-corrected chi connectivity index (χ4v) is 2.09. The average molecular weight is 297 g/mol. The molecule has 0 amide bonds. The Morgan fingerprint density at radius 2 is 2.18 bits per heavy atom. The molecule has 0 bridgehead atoms. The number of rotatable bonds is 5. The number of nitrogens with zero attached hydrogens (tertiary/aromatic N) is 4. The minimum absolute atomic E-state index is 0.321. The highest BCUT2D eigenvalue weighted by Gasteiger charge is 2.13. The molecule has 0 fully saturated rings. The normalized spacial score (nSPS) is 10.6. The first-order valence-corrected chi connectivity index (χ1v) is 6.94. The average Bonchev–Trinajstić information content (AvgIpc) is 2.97. The molecular weight excluding hydrogens is 282 g/mol. The molecule has 22 heavy (non-hydrogen) atoms. The van der Waals surface area contributed by atoms with Crippen molar-refractivity contribution in [1.29, 1.82) is 0 Å². The van der Waals surface area contributed by atoms with Gasteiger partial charge in [0.1, 0.15) is 11.4 Å². The molecule has 0 saturated heterocycles. The van der Waals surface area contributed by atoms with Crippen LogP contribution in [-0.4, -0.2) is 32.2 Å². The van der Waals surface area contributed by atoms with E-state index in [2.05, 4.69) is 20.5 Å². The lowest BCUT2D eigenvalue weighted by atomic mass is 10.2. The van der Waals surface area contributed by atoms with Crippen molar-refractivity contribution >= 4 is 17.4 Å². The van der Waals surface area contributed by atoms with Gasteiger partial charge in [0.25, 0.3) is 0 Å². The number of hydrogen-bond acceptors (Lipinski definition) is 6. The van der Waals surface area contributed by atoms with Crippen LogP contribution in [0.15, 0.2) is 42.7 Å². The van der Waals surface area contributed by atoms with Crippen molar-refractivity contribution in [2.45, 2.75) is 13.5 Å². The summed E-state index contributed by atoms with van der Waals surface area (Å²) in [6, 6.07) is 9.06. The van der Waals surface area contributed by atoms with E-state index in [4.69, 9.17) is 4.74 Å². The van der Waals surface area contributed by atoms with Gasteiger partial charge in [0, 0.05) is 12.4 Å². The van der Waals surface area contributed by atoms with Gasteiger partial charge in [0.05, 0.1) is 13.2 Å². The van der Waals surface area contributed by atoms with Crippen molar-refractivity contribution in [1.82, 2.24) is 19.6 Å². The molecule has 3 aromatic rings. The topological polar surface area (TPSA) is 81.4 Å². The second kappa shape index (κ2) is 6.21. The first-order chi connectivity index (χ1) is 10.8. The van der Waals surface area contributed by atoms with Crippen LogP contribution in [-0.2, 0) is 11.3 Å². The summed E-state index contributed by atoms with van der Waals surface area (Å²) in [6.45, 7) is 2.49. The third kappa shape index (κ3) is 2.73. The Kier molecular flexibility index (Phi) is 3.95. The van der Waals surface area contributed by atoms with Crippen molar-refractivity contribution in [3.63, 3.8) is 0 Å². The highest BCUT2D eigenvalue weighted by Crippen LogP contribution is 2.14. The highest BCUT2D eigenvalue weighted by atomic mass is 16.5. The highest BCUT2D eigenvalue weighted by molar-refractivity contribution is 5.94. The lowest BCUT2D eigenvalue weighted by Gasteiger charge is -2.09. The number of anilines is 1. The molecule has 0 aliphatic carbocycles. The number of ether oxygens (including phenoxy) is 1. The second-order valence-electron chi connectivity index (χ2n) is 4.52. The number of hydrogen-bond donors (Lipinski definition) is 1. The van der Waals surface area contributed by atoms with Gasteiger partial charge in [-0.15, -0.1) is 10.2 Å². The number of esters is 1. The predicted octanol–water partition coefficient (Wildman–Crippen LogP) is 1.91. The van der Waals surface area contributed by atoms with E-state index in [1.807, 2.05) is 28.8 Å². The van der Waals surface area contributed by atoms with Crippen molar-refractivity contribution < 1.29 is 9.53 Å². The van der Waals surface area contributed by atoms with E-state index in [1.54, 1.807) is 25.3 Å². The maximum Gasteiger partial charge on any atom is 0.341 e. The van der Waals surface area contributed by atoms with E-state index in [9.17, 15) is 4.79 Å². The molecule has 0 radical (unpaired) electrons. The van der Waals surface area contributed by atoms with Gasteiger partial charge in [-0.1, -0.05) is 6.07 Å². The van der Waals surface area contributed by atoms with Crippen LogP contribution in [0.3, 0.4) is 0 Å². The summed E-state index contributed by atoms with van der Waals surface area (Å²) >= 11 is 0. The molecule has 1 N–H and O–H groups in total. The van der Waals surface area contributed by atoms with Gasteiger partial charge >= 0.3 is 5.97 Å². The maximum atomic E-state index is 11.9. The molecule has 3 rings (SSSR count). The van der Waals surface area contributed by atoms with Gasteiger partial charge in [0.15, 0.2) is 11.5 Å².